The Morgan fingerprint density at radius 3 is 1.82 bits per heavy atom. The van der Waals surface area contributed by atoms with E-state index in [-0.39, 0.29) is 10.8 Å². The van der Waals surface area contributed by atoms with Crippen LogP contribution in [0.25, 0.3) is 83.4 Å². The number of benzene rings is 8. The zero-order chi connectivity index (χ0) is 45.9. The summed E-state index contributed by atoms with van der Waals surface area (Å²) in [7, 11) is 0. The van der Waals surface area contributed by atoms with Crippen molar-refractivity contribution in [1.82, 2.24) is 14.1 Å². The molecule has 5 heteroatoms. The molecule has 0 unspecified atom stereocenters. The maximum absolute atomic E-state index is 6.79. The van der Waals surface area contributed by atoms with E-state index >= 15 is 0 Å². The first-order valence-electron chi connectivity index (χ1n) is 23.1. The summed E-state index contributed by atoms with van der Waals surface area (Å²) < 4.78 is 13.5. The van der Waals surface area contributed by atoms with E-state index in [4.69, 9.17) is 9.72 Å². The summed E-state index contributed by atoms with van der Waals surface area (Å²) in [4.78, 5) is 4.89. The Bertz CT molecular complexity index is 3570. The SMILES string of the molecule is CC(C)(C)c1ccnc(-n2c3ccccc3c3ccc(Oc4cccc(-n5[c-][n+](-c6c(-c7cc(-c8ccccc8)cc(-c8ccccc8)c7)cccc6C(C)(C)C)c6ccccc65)c4)cc32)c1. The van der Waals surface area contributed by atoms with Crippen molar-refractivity contribution in [3.63, 3.8) is 0 Å². The second-order valence-electron chi connectivity index (χ2n) is 19.5. The molecule has 11 rings (SSSR count). The average molecular weight is 869 g/mol. The zero-order valence-electron chi connectivity index (χ0n) is 38.8. The highest BCUT2D eigenvalue weighted by Crippen LogP contribution is 2.40. The molecule has 3 heterocycles. The highest BCUT2D eigenvalue weighted by Gasteiger charge is 2.26. The van der Waals surface area contributed by atoms with Crippen molar-refractivity contribution in [3.05, 3.63) is 224 Å². The van der Waals surface area contributed by atoms with Crippen LogP contribution < -0.4 is 9.30 Å². The highest BCUT2D eigenvalue weighted by molar-refractivity contribution is 6.09. The van der Waals surface area contributed by atoms with Crippen molar-refractivity contribution in [1.29, 1.82) is 0 Å². The Morgan fingerprint density at radius 1 is 0.478 bits per heavy atom. The predicted molar refractivity (Wildman–Crippen MR) is 276 cm³/mol. The molecule has 67 heavy (non-hydrogen) atoms. The van der Waals surface area contributed by atoms with Crippen LogP contribution in [0.5, 0.6) is 11.5 Å². The molecule has 326 valence electrons. The van der Waals surface area contributed by atoms with Crippen molar-refractivity contribution in [2.45, 2.75) is 52.4 Å². The van der Waals surface area contributed by atoms with Crippen LogP contribution >= 0.6 is 0 Å². The van der Waals surface area contributed by atoms with Gasteiger partial charge in [0.05, 0.1) is 33.4 Å². The molecule has 0 atom stereocenters. The molecule has 0 saturated heterocycles. The van der Waals surface area contributed by atoms with E-state index in [1.54, 1.807) is 0 Å². The van der Waals surface area contributed by atoms with Gasteiger partial charge < -0.3 is 4.74 Å². The van der Waals surface area contributed by atoms with Gasteiger partial charge in [-0.25, -0.2) is 4.98 Å². The molecule has 0 radical (unpaired) electrons. The van der Waals surface area contributed by atoms with Crippen LogP contribution in [0.2, 0.25) is 0 Å². The summed E-state index contributed by atoms with van der Waals surface area (Å²) in [6.45, 7) is 13.6. The van der Waals surface area contributed by atoms with Gasteiger partial charge in [0, 0.05) is 23.0 Å². The Morgan fingerprint density at radius 2 is 1.10 bits per heavy atom. The van der Waals surface area contributed by atoms with E-state index in [2.05, 4.69) is 256 Å². The molecule has 8 aromatic carbocycles. The molecule has 0 aliphatic carbocycles. The largest absolute Gasteiger partial charge is 0.458 e. The van der Waals surface area contributed by atoms with Crippen molar-refractivity contribution >= 4 is 32.8 Å². The fraction of sp³-hybridized carbons (Fsp3) is 0.129. The normalized spacial score (nSPS) is 12.0. The molecule has 0 N–H and O–H groups in total. The fourth-order valence-electron chi connectivity index (χ4n) is 9.51. The number of fused-ring (bicyclic) bond motifs is 4. The third kappa shape index (κ3) is 7.76. The molecule has 3 aromatic heterocycles. The monoisotopic (exact) mass is 868 g/mol. The van der Waals surface area contributed by atoms with Crippen molar-refractivity contribution in [2.75, 3.05) is 0 Å². The van der Waals surface area contributed by atoms with Crippen molar-refractivity contribution < 1.29 is 9.30 Å². The molecule has 5 nitrogen and oxygen atoms in total. The summed E-state index contributed by atoms with van der Waals surface area (Å²) in [5, 5.41) is 2.32. The lowest BCUT2D eigenvalue weighted by molar-refractivity contribution is -0.572. The number of aromatic nitrogens is 4. The Balaban J connectivity index is 1.03. The Labute approximate surface area is 392 Å². The maximum Gasteiger partial charge on any atom is 0.269 e. The van der Waals surface area contributed by atoms with E-state index in [1.807, 2.05) is 12.3 Å². The standard InChI is InChI=1S/C62H52N4O/c1-61(2,3)47-33-34-63-59(38-47)66-55-28-14-13-25-52(55)53-32-31-50(40-58(53)66)67-49-24-17-23-48(39-49)64-41-65(57-30-16-15-29-56(57)64)60-51(26-18-27-54(60)62(4,5)6)46-36-44(42-19-9-7-10-20-42)35-45(37-46)43-21-11-8-12-22-43/h7-40H,1-6H3. The number of ether oxygens (including phenoxy) is 1. The summed E-state index contributed by atoms with van der Waals surface area (Å²) in [6, 6.07) is 71.2. The predicted octanol–water partition coefficient (Wildman–Crippen LogP) is 15.6. The van der Waals surface area contributed by atoms with Crippen molar-refractivity contribution in [3.8, 4) is 62.1 Å². The van der Waals surface area contributed by atoms with Gasteiger partial charge in [0.2, 0.25) is 0 Å². The summed E-state index contributed by atoms with van der Waals surface area (Å²) in [5.41, 5.74) is 15.5. The lowest BCUT2D eigenvalue weighted by Gasteiger charge is -2.26. The number of hydrogen-bond acceptors (Lipinski definition) is 2. The van der Waals surface area contributed by atoms with Gasteiger partial charge >= 0.3 is 0 Å². The Kier molecular flexibility index (Phi) is 10.2. The van der Waals surface area contributed by atoms with Gasteiger partial charge in [-0.3, -0.25) is 13.7 Å². The summed E-state index contributed by atoms with van der Waals surface area (Å²) in [5.74, 6) is 2.36. The van der Waals surface area contributed by atoms with Crippen molar-refractivity contribution in [2.24, 2.45) is 0 Å². The van der Waals surface area contributed by atoms with Crippen LogP contribution in [0.4, 0.5) is 0 Å². The highest BCUT2D eigenvalue weighted by atomic mass is 16.5. The number of hydrogen-bond donors (Lipinski definition) is 0. The quantitative estimate of drug-likeness (QED) is 0.113. The van der Waals surface area contributed by atoms with Crippen LogP contribution in [0.1, 0.15) is 52.7 Å². The molecule has 0 bridgehead atoms. The summed E-state index contributed by atoms with van der Waals surface area (Å²) in [6.07, 6.45) is 5.79. The van der Waals surface area contributed by atoms with Gasteiger partial charge in [0.25, 0.3) is 6.33 Å². The number of imidazole rings is 1. The molecule has 0 aliphatic rings. The third-order valence-electron chi connectivity index (χ3n) is 12.9. The van der Waals surface area contributed by atoms with E-state index in [0.717, 1.165) is 67.3 Å². The zero-order valence-corrected chi connectivity index (χ0v) is 38.8. The second-order valence-corrected chi connectivity index (χ2v) is 19.5. The van der Waals surface area contributed by atoms with Crippen LogP contribution in [0, 0.1) is 6.33 Å². The fourth-order valence-corrected chi connectivity index (χ4v) is 9.51. The minimum atomic E-state index is -0.180. The van der Waals surface area contributed by atoms with Gasteiger partial charge in [-0.1, -0.05) is 169 Å². The lowest BCUT2D eigenvalue weighted by Crippen LogP contribution is -2.34. The van der Waals surface area contributed by atoms with Gasteiger partial charge in [-0.05, 0) is 122 Å². The van der Waals surface area contributed by atoms with Gasteiger partial charge in [0.1, 0.15) is 17.3 Å². The number of para-hydroxylation sites is 4. The molecule has 0 aliphatic heterocycles. The van der Waals surface area contributed by atoms with Crippen LogP contribution in [0.15, 0.2) is 206 Å². The second kappa shape index (κ2) is 16.4. The first kappa shape index (κ1) is 41.7. The van der Waals surface area contributed by atoms with E-state index in [0.29, 0.717) is 0 Å². The van der Waals surface area contributed by atoms with E-state index < -0.39 is 0 Å². The number of pyridine rings is 1. The number of nitrogens with zero attached hydrogens (tertiary/aromatic N) is 4. The van der Waals surface area contributed by atoms with Gasteiger partial charge in [-0.15, -0.1) is 0 Å². The summed E-state index contributed by atoms with van der Waals surface area (Å²) >= 11 is 0. The van der Waals surface area contributed by atoms with Crippen LogP contribution in [0.3, 0.4) is 0 Å². The third-order valence-corrected chi connectivity index (χ3v) is 12.9. The molecule has 0 amide bonds. The number of rotatable bonds is 8. The van der Waals surface area contributed by atoms with E-state index in [9.17, 15) is 0 Å². The smallest absolute Gasteiger partial charge is 0.269 e. The van der Waals surface area contributed by atoms with Crippen LogP contribution in [-0.2, 0) is 10.8 Å². The molecular formula is C62H52N4O. The van der Waals surface area contributed by atoms with E-state index in [1.165, 1.54) is 38.8 Å². The molecule has 0 saturated carbocycles. The maximum atomic E-state index is 6.79. The lowest BCUT2D eigenvalue weighted by atomic mass is 9.82. The molecule has 0 fully saturated rings. The van der Waals surface area contributed by atoms with Gasteiger partial charge in [-0.2, -0.15) is 0 Å². The first-order chi connectivity index (χ1) is 32.5. The first-order valence-corrected chi connectivity index (χ1v) is 23.1. The topological polar surface area (TPSA) is 35.9 Å². The molecule has 0 spiro atoms. The van der Waals surface area contributed by atoms with Crippen LogP contribution in [-0.4, -0.2) is 14.1 Å². The minimum absolute atomic E-state index is 0.0170. The Hall–Kier alpha value is -8.02. The molecular weight excluding hydrogens is 817 g/mol. The average Bonchev–Trinajstić information content (AvgIpc) is 3.90. The van der Waals surface area contributed by atoms with Gasteiger partial charge in [0.15, 0.2) is 0 Å². The minimum Gasteiger partial charge on any atom is -0.458 e. The molecule has 11 aromatic rings.